The molecule has 0 saturated carbocycles. The van der Waals surface area contributed by atoms with Crippen LogP contribution < -0.4 is 0 Å². The lowest BCUT2D eigenvalue weighted by Crippen LogP contribution is -2.51. The van der Waals surface area contributed by atoms with Gasteiger partial charge in [0.1, 0.15) is 0 Å². The molecule has 0 spiro atoms. The third-order valence-corrected chi connectivity index (χ3v) is 5.22. The summed E-state index contributed by atoms with van der Waals surface area (Å²) in [7, 11) is 0. The van der Waals surface area contributed by atoms with Gasteiger partial charge in [0.2, 0.25) is 0 Å². The van der Waals surface area contributed by atoms with Gasteiger partial charge in [-0.15, -0.1) is 0 Å². The Morgan fingerprint density at radius 2 is 1.75 bits per heavy atom. The molecule has 0 radical (unpaired) electrons. The van der Waals surface area contributed by atoms with Gasteiger partial charge in [0.05, 0.1) is 24.4 Å². The smallest absolute Gasteiger partial charge is 0.309 e. The van der Waals surface area contributed by atoms with Gasteiger partial charge < -0.3 is 23.7 Å². The molecule has 2 amide bonds. The fraction of sp³-hybridized carbons (Fsp3) is 0.650. The van der Waals surface area contributed by atoms with E-state index in [1.165, 1.54) is 6.26 Å². The monoisotopic (exact) mass is 392 g/mol. The highest BCUT2D eigenvalue weighted by Gasteiger charge is 2.34. The normalized spacial score (nSPS) is 24.7. The van der Waals surface area contributed by atoms with Crippen LogP contribution in [0.2, 0.25) is 0 Å². The maximum Gasteiger partial charge on any atom is 0.309 e. The van der Waals surface area contributed by atoms with E-state index >= 15 is 0 Å². The molecule has 0 bridgehead atoms. The molecular formula is C20H28N2O6. The minimum Gasteiger partial charge on any atom is -0.459 e. The van der Waals surface area contributed by atoms with Gasteiger partial charge in [0.15, 0.2) is 11.9 Å². The number of piperidine rings is 1. The van der Waals surface area contributed by atoms with Gasteiger partial charge in [-0.2, -0.15) is 0 Å². The first-order chi connectivity index (χ1) is 13.3. The van der Waals surface area contributed by atoms with Gasteiger partial charge in [-0.3, -0.25) is 14.4 Å². The zero-order valence-electron chi connectivity index (χ0n) is 16.6. The summed E-state index contributed by atoms with van der Waals surface area (Å²) < 4.78 is 16.2. The highest BCUT2D eigenvalue weighted by Crippen LogP contribution is 2.22. The van der Waals surface area contributed by atoms with Gasteiger partial charge in [0, 0.05) is 26.2 Å². The number of hydrogen-bond donors (Lipinski definition) is 0. The van der Waals surface area contributed by atoms with Crippen molar-refractivity contribution >= 4 is 17.8 Å². The first-order valence-corrected chi connectivity index (χ1v) is 9.82. The summed E-state index contributed by atoms with van der Waals surface area (Å²) in [4.78, 5) is 40.8. The number of esters is 1. The van der Waals surface area contributed by atoms with E-state index in [4.69, 9.17) is 13.9 Å². The van der Waals surface area contributed by atoms with Crippen LogP contribution >= 0.6 is 0 Å². The van der Waals surface area contributed by atoms with Crippen LogP contribution in [0.25, 0.3) is 0 Å². The molecule has 3 heterocycles. The summed E-state index contributed by atoms with van der Waals surface area (Å²) in [6.07, 6.45) is 1.59. The Morgan fingerprint density at radius 3 is 2.32 bits per heavy atom. The summed E-state index contributed by atoms with van der Waals surface area (Å²) in [5.74, 6) is -0.746. The van der Waals surface area contributed by atoms with Crippen LogP contribution in [-0.4, -0.2) is 72.1 Å². The quantitative estimate of drug-likeness (QED) is 0.725. The second kappa shape index (κ2) is 8.77. The molecule has 3 unspecified atom stereocenters. The average molecular weight is 392 g/mol. The van der Waals surface area contributed by atoms with Gasteiger partial charge in [-0.1, -0.05) is 0 Å². The molecule has 2 aliphatic heterocycles. The number of carbonyl (C=O) groups excluding carboxylic acids is 3. The summed E-state index contributed by atoms with van der Waals surface area (Å²) in [5, 5.41) is 0. The molecule has 8 heteroatoms. The van der Waals surface area contributed by atoms with E-state index in [-0.39, 0.29) is 35.9 Å². The van der Waals surface area contributed by atoms with E-state index in [1.54, 1.807) is 28.9 Å². The Labute approximate surface area is 164 Å². The van der Waals surface area contributed by atoms with Gasteiger partial charge in [0.25, 0.3) is 11.8 Å². The molecule has 0 aromatic carbocycles. The topological polar surface area (TPSA) is 89.3 Å². The number of nitrogens with zero attached hydrogens (tertiary/aromatic N) is 2. The summed E-state index contributed by atoms with van der Waals surface area (Å²) in [6.45, 7) is 7.37. The van der Waals surface area contributed by atoms with Crippen LogP contribution in [0.15, 0.2) is 22.8 Å². The van der Waals surface area contributed by atoms with E-state index in [0.717, 1.165) is 0 Å². The van der Waals surface area contributed by atoms with Crippen molar-refractivity contribution in [3.63, 3.8) is 0 Å². The molecule has 1 aromatic rings. The van der Waals surface area contributed by atoms with Crippen molar-refractivity contribution in [2.45, 2.75) is 51.9 Å². The minimum atomic E-state index is -0.826. The predicted octanol–water partition coefficient (Wildman–Crippen LogP) is 1.70. The summed E-state index contributed by atoms with van der Waals surface area (Å²) >= 11 is 0. The lowest BCUT2D eigenvalue weighted by atomic mass is 9.97. The van der Waals surface area contributed by atoms with Crippen molar-refractivity contribution in [1.82, 2.24) is 9.80 Å². The Bertz CT molecular complexity index is 686. The number of furan rings is 1. The Balaban J connectivity index is 1.47. The lowest BCUT2D eigenvalue weighted by Gasteiger charge is -2.36. The molecule has 0 N–H and O–H groups in total. The molecule has 8 nitrogen and oxygen atoms in total. The van der Waals surface area contributed by atoms with E-state index in [0.29, 0.717) is 44.8 Å². The van der Waals surface area contributed by atoms with Crippen molar-refractivity contribution in [1.29, 1.82) is 0 Å². The van der Waals surface area contributed by atoms with Crippen LogP contribution in [0.1, 0.15) is 44.2 Å². The molecule has 154 valence electrons. The zero-order chi connectivity index (χ0) is 20.3. The first-order valence-electron chi connectivity index (χ1n) is 9.82. The molecule has 1 aromatic heterocycles. The summed E-state index contributed by atoms with van der Waals surface area (Å²) in [6, 6.07) is 3.30. The Hall–Kier alpha value is -2.35. The van der Waals surface area contributed by atoms with E-state index in [1.807, 2.05) is 13.8 Å². The molecule has 2 aliphatic rings. The molecule has 28 heavy (non-hydrogen) atoms. The summed E-state index contributed by atoms with van der Waals surface area (Å²) in [5.41, 5.74) is 0. The highest BCUT2D eigenvalue weighted by atomic mass is 16.5. The number of amides is 2. The first kappa shape index (κ1) is 20.4. The third kappa shape index (κ3) is 4.73. The maximum atomic E-state index is 12.6. The van der Waals surface area contributed by atoms with Gasteiger partial charge >= 0.3 is 5.97 Å². The van der Waals surface area contributed by atoms with Crippen LogP contribution in [-0.2, 0) is 19.1 Å². The Morgan fingerprint density at radius 1 is 1.11 bits per heavy atom. The molecule has 3 atom stereocenters. The SMILES string of the molecule is CC1CN(C(=O)C(C)OC(=O)C2CCN(C(=O)c3ccco3)CC2)CC(C)O1. The number of rotatable bonds is 4. The lowest BCUT2D eigenvalue weighted by molar-refractivity contribution is -0.167. The second-order valence-electron chi connectivity index (χ2n) is 7.62. The van der Waals surface area contributed by atoms with Gasteiger partial charge in [-0.25, -0.2) is 0 Å². The number of ether oxygens (including phenoxy) is 2. The third-order valence-electron chi connectivity index (χ3n) is 5.22. The largest absolute Gasteiger partial charge is 0.459 e. The molecule has 2 fully saturated rings. The van der Waals surface area contributed by atoms with E-state index < -0.39 is 6.10 Å². The fourth-order valence-electron chi connectivity index (χ4n) is 3.81. The number of likely N-dealkylation sites (tertiary alicyclic amines) is 1. The number of carbonyl (C=O) groups is 3. The maximum absolute atomic E-state index is 12.6. The number of hydrogen-bond acceptors (Lipinski definition) is 6. The van der Waals surface area contributed by atoms with E-state index in [2.05, 4.69) is 0 Å². The molecule has 2 saturated heterocycles. The predicted molar refractivity (Wildman–Crippen MR) is 99.5 cm³/mol. The molecule has 0 aliphatic carbocycles. The van der Waals surface area contributed by atoms with Crippen molar-refractivity contribution in [3.8, 4) is 0 Å². The van der Waals surface area contributed by atoms with Crippen LogP contribution in [0.4, 0.5) is 0 Å². The minimum absolute atomic E-state index is 0.0355. The molecular weight excluding hydrogens is 364 g/mol. The number of morpholine rings is 1. The molecule has 3 rings (SSSR count). The van der Waals surface area contributed by atoms with Gasteiger partial charge in [-0.05, 0) is 45.7 Å². The van der Waals surface area contributed by atoms with Crippen LogP contribution in [0.3, 0.4) is 0 Å². The second-order valence-corrected chi connectivity index (χ2v) is 7.62. The van der Waals surface area contributed by atoms with Crippen LogP contribution in [0.5, 0.6) is 0 Å². The van der Waals surface area contributed by atoms with Crippen molar-refractivity contribution < 1.29 is 28.3 Å². The van der Waals surface area contributed by atoms with Crippen molar-refractivity contribution in [3.05, 3.63) is 24.2 Å². The van der Waals surface area contributed by atoms with Crippen LogP contribution in [0, 0.1) is 5.92 Å². The standard InChI is InChI=1S/C20H28N2O6/c1-13-11-22(12-14(2)27-13)18(23)15(3)28-20(25)16-6-8-21(9-7-16)19(24)17-5-4-10-26-17/h4-5,10,13-16H,6-9,11-12H2,1-3H3. The van der Waals surface area contributed by atoms with E-state index in [9.17, 15) is 14.4 Å². The fourth-order valence-corrected chi connectivity index (χ4v) is 3.81. The average Bonchev–Trinajstić information content (AvgIpc) is 3.20. The highest BCUT2D eigenvalue weighted by molar-refractivity contribution is 5.91. The van der Waals surface area contributed by atoms with Crippen molar-refractivity contribution in [2.75, 3.05) is 26.2 Å². The Kier molecular flexibility index (Phi) is 6.39. The zero-order valence-corrected chi connectivity index (χ0v) is 16.6. The van der Waals surface area contributed by atoms with Crippen molar-refractivity contribution in [2.24, 2.45) is 5.92 Å².